The maximum atomic E-state index is 6.42. The van der Waals surface area contributed by atoms with Gasteiger partial charge in [0.15, 0.2) is 0 Å². The predicted molar refractivity (Wildman–Crippen MR) is 89.3 cm³/mol. The average Bonchev–Trinajstić information content (AvgIpc) is 2.71. The zero-order valence-electron chi connectivity index (χ0n) is 14.8. The van der Waals surface area contributed by atoms with E-state index in [9.17, 15) is 0 Å². The van der Waals surface area contributed by atoms with Gasteiger partial charge in [0.1, 0.15) is 6.79 Å². The quantitative estimate of drug-likeness (QED) is 0.433. The van der Waals surface area contributed by atoms with Crippen molar-refractivity contribution in [2.75, 3.05) is 13.9 Å². The molecule has 128 valence electrons. The van der Waals surface area contributed by atoms with Gasteiger partial charge in [0.25, 0.3) is 0 Å². The lowest BCUT2D eigenvalue weighted by Crippen LogP contribution is -2.47. The number of ether oxygens (including phenoxy) is 2. The molecule has 0 bridgehead atoms. The summed E-state index contributed by atoms with van der Waals surface area (Å²) in [6.07, 6.45) is 3.57. The first kappa shape index (κ1) is 18.5. The van der Waals surface area contributed by atoms with Gasteiger partial charge in [0, 0.05) is 17.8 Å². The van der Waals surface area contributed by atoms with Crippen molar-refractivity contribution in [3.63, 3.8) is 0 Å². The smallest absolute Gasteiger partial charge is 0.403 e. The summed E-state index contributed by atoms with van der Waals surface area (Å²) in [5.74, 6) is 0. The van der Waals surface area contributed by atoms with Crippen molar-refractivity contribution in [2.45, 2.75) is 88.3 Å². The molecule has 1 saturated heterocycles. The Hall–Kier alpha value is 0.195. The van der Waals surface area contributed by atoms with E-state index in [4.69, 9.17) is 30.4 Å². The van der Waals surface area contributed by atoms with Crippen molar-refractivity contribution < 1.29 is 18.8 Å². The van der Waals surface area contributed by atoms with Crippen molar-refractivity contribution in [3.05, 3.63) is 0 Å². The summed E-state index contributed by atoms with van der Waals surface area (Å²) in [6.45, 7) is 11.0. The maximum absolute atomic E-state index is 6.42. The van der Waals surface area contributed by atoms with E-state index in [-0.39, 0.29) is 41.9 Å². The zero-order chi connectivity index (χ0) is 16.6. The topological polar surface area (TPSA) is 36.9 Å². The fraction of sp³-hybridized carbons (Fsp3) is 1.00. The van der Waals surface area contributed by atoms with E-state index >= 15 is 0 Å². The Kier molecular flexibility index (Phi) is 5.56. The first-order valence-electron chi connectivity index (χ1n) is 8.29. The summed E-state index contributed by atoms with van der Waals surface area (Å²) in [6, 6.07) is 0. The maximum Gasteiger partial charge on any atom is 0.466 e. The second-order valence-corrected chi connectivity index (χ2v) is 8.22. The molecule has 2 rings (SSSR count). The molecule has 0 spiro atoms. The van der Waals surface area contributed by atoms with E-state index in [1.807, 2.05) is 0 Å². The van der Waals surface area contributed by atoms with Crippen molar-refractivity contribution in [2.24, 2.45) is 0 Å². The van der Waals surface area contributed by atoms with Crippen LogP contribution in [0.5, 0.6) is 0 Å². The van der Waals surface area contributed by atoms with E-state index in [1.54, 1.807) is 7.11 Å². The molecule has 0 aromatic carbocycles. The third-order valence-corrected chi connectivity index (χ3v) is 6.24. The molecule has 1 aliphatic carbocycles. The monoisotopic (exact) mass is 332 g/mol. The second-order valence-electron chi connectivity index (χ2n) is 7.60. The Balaban J connectivity index is 2.20. The highest BCUT2D eigenvalue weighted by atomic mass is 35.5. The van der Waals surface area contributed by atoms with Crippen LogP contribution in [0.3, 0.4) is 0 Å². The predicted octanol–water partition coefficient (Wildman–Crippen LogP) is 4.01. The molecule has 0 amide bonds. The van der Waals surface area contributed by atoms with Crippen molar-refractivity contribution in [1.29, 1.82) is 0 Å². The molecule has 22 heavy (non-hydrogen) atoms. The van der Waals surface area contributed by atoms with Gasteiger partial charge >= 0.3 is 7.12 Å². The van der Waals surface area contributed by atoms with Gasteiger partial charge in [-0.15, -0.1) is 11.6 Å². The molecule has 4 nitrogen and oxygen atoms in total. The van der Waals surface area contributed by atoms with E-state index < -0.39 is 0 Å². The van der Waals surface area contributed by atoms with E-state index in [0.717, 1.165) is 25.7 Å². The molecule has 0 N–H and O–H groups in total. The minimum absolute atomic E-state index is 0.0243. The number of methoxy groups -OCH3 is 1. The van der Waals surface area contributed by atoms with Crippen LogP contribution >= 0.6 is 11.6 Å². The lowest BCUT2D eigenvalue weighted by atomic mass is 9.50. The van der Waals surface area contributed by atoms with Crippen LogP contribution in [0, 0.1) is 0 Å². The van der Waals surface area contributed by atoms with Crippen molar-refractivity contribution in [1.82, 2.24) is 0 Å². The molecular weight excluding hydrogens is 302 g/mol. The number of halogens is 1. The summed E-state index contributed by atoms with van der Waals surface area (Å²) >= 11 is 6.36. The van der Waals surface area contributed by atoms with Crippen LogP contribution in [0.4, 0.5) is 0 Å². The first-order chi connectivity index (χ1) is 10.2. The summed E-state index contributed by atoms with van der Waals surface area (Å²) in [4.78, 5) is 0. The molecule has 2 aliphatic rings. The number of hydrogen-bond donors (Lipinski definition) is 0. The largest absolute Gasteiger partial charge is 0.466 e. The third-order valence-electron chi connectivity index (χ3n) is 5.84. The van der Waals surface area contributed by atoms with Crippen LogP contribution < -0.4 is 0 Å². The lowest BCUT2D eigenvalue weighted by molar-refractivity contribution is -0.0995. The van der Waals surface area contributed by atoms with Crippen LogP contribution in [0.1, 0.15) is 60.3 Å². The van der Waals surface area contributed by atoms with E-state index in [1.165, 1.54) is 0 Å². The van der Waals surface area contributed by atoms with Gasteiger partial charge in [-0.25, -0.2) is 0 Å². The standard InChI is InChI=1S/C16H30BClO4/c1-7-16(5)14(2,3)21-17(22-16)15(4)9-8-12(18)10-13(15)20-11-19-6/h12-13H,7-11H2,1-6H3/t12?,13?,15-,16+/m0/s1. The Morgan fingerprint density at radius 1 is 1.23 bits per heavy atom. The van der Waals surface area contributed by atoms with Crippen LogP contribution in [0.25, 0.3) is 0 Å². The molecule has 6 heteroatoms. The first-order valence-corrected chi connectivity index (χ1v) is 8.72. The molecule has 0 aromatic rings. The van der Waals surface area contributed by atoms with Gasteiger partial charge in [0.05, 0.1) is 17.3 Å². The van der Waals surface area contributed by atoms with Crippen LogP contribution in [-0.2, 0) is 18.8 Å². The van der Waals surface area contributed by atoms with Crippen LogP contribution in [-0.4, -0.2) is 43.7 Å². The summed E-state index contributed by atoms with van der Waals surface area (Å²) < 4.78 is 23.8. The van der Waals surface area contributed by atoms with E-state index in [2.05, 4.69) is 34.6 Å². The Morgan fingerprint density at radius 3 is 2.45 bits per heavy atom. The van der Waals surface area contributed by atoms with Crippen LogP contribution in [0.2, 0.25) is 5.31 Å². The molecule has 4 atom stereocenters. The molecular formula is C16H30BClO4. The van der Waals surface area contributed by atoms with Gasteiger partial charge in [0.2, 0.25) is 0 Å². The molecule has 2 fully saturated rings. The van der Waals surface area contributed by atoms with Gasteiger partial charge in [-0.1, -0.05) is 13.8 Å². The Bertz CT molecular complexity index is 394. The Labute approximate surface area is 140 Å². The molecule has 0 aromatic heterocycles. The SMILES string of the molecule is CC[C@@]1(C)OB([C@@]2(C)CCC(Cl)CC2OCOC)OC1(C)C. The molecule has 0 radical (unpaired) electrons. The Morgan fingerprint density at radius 2 is 1.91 bits per heavy atom. The highest BCUT2D eigenvalue weighted by molar-refractivity contribution is 6.50. The molecule has 2 unspecified atom stereocenters. The van der Waals surface area contributed by atoms with Crippen LogP contribution in [0.15, 0.2) is 0 Å². The second kappa shape index (κ2) is 6.60. The van der Waals surface area contributed by atoms with Gasteiger partial charge in [-0.3, -0.25) is 0 Å². The van der Waals surface area contributed by atoms with Crippen molar-refractivity contribution >= 4 is 18.7 Å². The normalized spacial score (nSPS) is 41.9. The minimum atomic E-state index is -0.320. The summed E-state index contributed by atoms with van der Waals surface area (Å²) in [5.41, 5.74) is -0.608. The van der Waals surface area contributed by atoms with Gasteiger partial charge < -0.3 is 18.8 Å². The molecule has 1 aliphatic heterocycles. The fourth-order valence-electron chi connectivity index (χ4n) is 3.50. The van der Waals surface area contributed by atoms with E-state index in [0.29, 0.717) is 0 Å². The highest BCUT2D eigenvalue weighted by Gasteiger charge is 2.62. The third kappa shape index (κ3) is 3.20. The number of alkyl halides is 1. The zero-order valence-corrected chi connectivity index (χ0v) is 15.5. The number of rotatable bonds is 5. The molecule has 1 saturated carbocycles. The van der Waals surface area contributed by atoms with Crippen molar-refractivity contribution in [3.8, 4) is 0 Å². The summed E-state index contributed by atoms with van der Waals surface area (Å²) in [5, 5.41) is -0.0735. The summed E-state index contributed by atoms with van der Waals surface area (Å²) in [7, 11) is 1.36. The average molecular weight is 333 g/mol. The highest BCUT2D eigenvalue weighted by Crippen LogP contribution is 2.54. The minimum Gasteiger partial charge on any atom is -0.403 e. The van der Waals surface area contributed by atoms with Gasteiger partial charge in [-0.2, -0.15) is 0 Å². The fourth-order valence-corrected chi connectivity index (χ4v) is 3.77. The lowest BCUT2D eigenvalue weighted by Gasteiger charge is -2.43. The number of hydrogen-bond acceptors (Lipinski definition) is 4. The molecule has 1 heterocycles. The van der Waals surface area contributed by atoms with Gasteiger partial charge in [-0.05, 0) is 46.5 Å².